The molecule has 2 unspecified atom stereocenters. The topological polar surface area (TPSA) is 18.5 Å². The van der Waals surface area contributed by atoms with Gasteiger partial charge in [-0.3, -0.25) is 4.90 Å². The molecule has 22 heavy (non-hydrogen) atoms. The van der Waals surface area contributed by atoms with Crippen molar-refractivity contribution in [3.63, 3.8) is 0 Å². The van der Waals surface area contributed by atoms with E-state index in [2.05, 4.69) is 81.2 Å². The molecule has 0 radical (unpaired) electrons. The van der Waals surface area contributed by atoms with E-state index < -0.39 is 0 Å². The Morgan fingerprint density at radius 3 is 2.36 bits per heavy atom. The number of hydrogen-bond acceptors (Lipinski definition) is 3. The van der Waals surface area contributed by atoms with Crippen LogP contribution in [0, 0.1) is 0 Å². The molecule has 0 spiro atoms. The average Bonchev–Trinajstić information content (AvgIpc) is 2.45. The molecule has 1 aromatic rings. The van der Waals surface area contributed by atoms with Crippen molar-refractivity contribution in [2.45, 2.75) is 45.2 Å². The minimum absolute atomic E-state index is 0.220. The lowest BCUT2D eigenvalue weighted by atomic mass is 9.86. The molecule has 1 N–H and O–H groups in total. The highest BCUT2D eigenvalue weighted by atomic mass is 15.3. The summed E-state index contributed by atoms with van der Waals surface area (Å²) in [5, 5.41) is 3.50. The van der Waals surface area contributed by atoms with Crippen LogP contribution in [0.2, 0.25) is 0 Å². The van der Waals surface area contributed by atoms with Crippen LogP contribution in [0.1, 0.15) is 44.9 Å². The summed E-state index contributed by atoms with van der Waals surface area (Å²) in [6.45, 7) is 13.5. The van der Waals surface area contributed by atoms with Gasteiger partial charge in [0, 0.05) is 38.3 Å². The molecular weight excluding hydrogens is 270 g/mol. The van der Waals surface area contributed by atoms with Gasteiger partial charge in [-0.2, -0.15) is 0 Å². The van der Waals surface area contributed by atoms with Crippen molar-refractivity contribution in [2.24, 2.45) is 0 Å². The first-order chi connectivity index (χ1) is 10.3. The summed E-state index contributed by atoms with van der Waals surface area (Å²) >= 11 is 0. The number of benzene rings is 1. The fraction of sp³-hybridized carbons (Fsp3) is 0.684. The maximum atomic E-state index is 3.50. The molecule has 0 bridgehead atoms. The van der Waals surface area contributed by atoms with Gasteiger partial charge in [0.15, 0.2) is 0 Å². The van der Waals surface area contributed by atoms with E-state index in [0.29, 0.717) is 12.1 Å². The summed E-state index contributed by atoms with van der Waals surface area (Å²) in [6.07, 6.45) is 0. The standard InChI is InChI=1S/C19H33N3/c1-15-13-20-11-12-22(15)18(14-21(5)6)16-7-9-17(10-8-16)19(2,3)4/h7-10,15,18,20H,11-14H2,1-6H3. The third kappa shape index (κ3) is 4.31. The first kappa shape index (κ1) is 17.5. The summed E-state index contributed by atoms with van der Waals surface area (Å²) in [6, 6.07) is 10.4. The van der Waals surface area contributed by atoms with Gasteiger partial charge >= 0.3 is 0 Å². The van der Waals surface area contributed by atoms with Gasteiger partial charge in [-0.25, -0.2) is 0 Å². The molecule has 2 atom stereocenters. The van der Waals surface area contributed by atoms with Crippen LogP contribution in [0.25, 0.3) is 0 Å². The average molecular weight is 303 g/mol. The van der Waals surface area contributed by atoms with Crippen molar-refractivity contribution < 1.29 is 0 Å². The molecule has 1 fully saturated rings. The lowest BCUT2D eigenvalue weighted by molar-refractivity contribution is 0.0968. The van der Waals surface area contributed by atoms with Gasteiger partial charge in [0.2, 0.25) is 0 Å². The smallest absolute Gasteiger partial charge is 0.0478 e. The number of rotatable bonds is 4. The van der Waals surface area contributed by atoms with E-state index in [0.717, 1.165) is 26.2 Å². The molecule has 0 aromatic heterocycles. The van der Waals surface area contributed by atoms with E-state index in [1.807, 2.05) is 0 Å². The Morgan fingerprint density at radius 2 is 1.86 bits per heavy atom. The molecule has 2 rings (SSSR count). The van der Waals surface area contributed by atoms with Gasteiger partial charge < -0.3 is 10.2 Å². The van der Waals surface area contributed by atoms with Crippen molar-refractivity contribution in [1.29, 1.82) is 0 Å². The Balaban J connectivity index is 2.25. The van der Waals surface area contributed by atoms with E-state index in [1.54, 1.807) is 0 Å². The van der Waals surface area contributed by atoms with E-state index in [9.17, 15) is 0 Å². The third-order valence-corrected chi connectivity index (χ3v) is 4.65. The molecule has 1 aromatic carbocycles. The molecule has 1 saturated heterocycles. The Bertz CT molecular complexity index is 459. The summed E-state index contributed by atoms with van der Waals surface area (Å²) in [4.78, 5) is 4.96. The predicted octanol–water partition coefficient (Wildman–Crippen LogP) is 2.88. The maximum absolute atomic E-state index is 3.50. The normalized spacial score (nSPS) is 22.0. The fourth-order valence-electron chi connectivity index (χ4n) is 3.27. The van der Waals surface area contributed by atoms with Crippen LogP contribution in [-0.2, 0) is 5.41 Å². The Hall–Kier alpha value is -0.900. The second kappa shape index (κ2) is 7.12. The van der Waals surface area contributed by atoms with E-state index in [4.69, 9.17) is 0 Å². The molecule has 1 aliphatic heterocycles. The monoisotopic (exact) mass is 303 g/mol. The van der Waals surface area contributed by atoms with Gasteiger partial charge in [-0.15, -0.1) is 0 Å². The minimum atomic E-state index is 0.220. The Labute approximate surface area is 136 Å². The maximum Gasteiger partial charge on any atom is 0.0478 e. The number of hydrogen-bond donors (Lipinski definition) is 1. The largest absolute Gasteiger partial charge is 0.314 e. The predicted molar refractivity (Wildman–Crippen MR) is 95.5 cm³/mol. The molecule has 3 nitrogen and oxygen atoms in total. The van der Waals surface area contributed by atoms with Crippen LogP contribution < -0.4 is 5.32 Å². The lowest BCUT2D eigenvalue weighted by Gasteiger charge is -2.41. The number of nitrogens with zero attached hydrogens (tertiary/aromatic N) is 2. The Kier molecular flexibility index (Phi) is 5.65. The molecule has 1 heterocycles. The third-order valence-electron chi connectivity index (χ3n) is 4.65. The highest BCUT2D eigenvalue weighted by molar-refractivity contribution is 5.29. The second-order valence-corrected chi connectivity index (χ2v) is 7.94. The van der Waals surface area contributed by atoms with Crippen LogP contribution in [-0.4, -0.2) is 56.1 Å². The van der Waals surface area contributed by atoms with E-state index >= 15 is 0 Å². The zero-order valence-corrected chi connectivity index (χ0v) is 15.2. The van der Waals surface area contributed by atoms with Gasteiger partial charge in [0.1, 0.15) is 0 Å². The van der Waals surface area contributed by atoms with E-state index in [-0.39, 0.29) is 5.41 Å². The molecule has 0 aliphatic carbocycles. The van der Waals surface area contributed by atoms with Crippen LogP contribution in [0.3, 0.4) is 0 Å². The molecule has 124 valence electrons. The second-order valence-electron chi connectivity index (χ2n) is 7.94. The van der Waals surface area contributed by atoms with Crippen molar-refractivity contribution in [3.8, 4) is 0 Å². The lowest BCUT2D eigenvalue weighted by Crippen LogP contribution is -2.52. The van der Waals surface area contributed by atoms with Crippen LogP contribution in [0.15, 0.2) is 24.3 Å². The van der Waals surface area contributed by atoms with Crippen LogP contribution in [0.4, 0.5) is 0 Å². The number of piperazine rings is 1. The molecule has 0 amide bonds. The minimum Gasteiger partial charge on any atom is -0.314 e. The molecule has 3 heteroatoms. The fourth-order valence-corrected chi connectivity index (χ4v) is 3.27. The summed E-state index contributed by atoms with van der Waals surface area (Å²) in [5.74, 6) is 0. The van der Waals surface area contributed by atoms with Crippen molar-refractivity contribution in [2.75, 3.05) is 40.3 Å². The zero-order valence-electron chi connectivity index (χ0n) is 15.2. The summed E-state index contributed by atoms with van der Waals surface area (Å²) in [7, 11) is 4.34. The highest BCUT2D eigenvalue weighted by Crippen LogP contribution is 2.28. The quantitative estimate of drug-likeness (QED) is 0.923. The van der Waals surface area contributed by atoms with E-state index in [1.165, 1.54) is 11.1 Å². The summed E-state index contributed by atoms with van der Waals surface area (Å²) in [5.41, 5.74) is 3.07. The van der Waals surface area contributed by atoms with Gasteiger partial charge in [-0.1, -0.05) is 45.0 Å². The van der Waals surface area contributed by atoms with Gasteiger partial charge in [-0.05, 0) is 37.6 Å². The highest BCUT2D eigenvalue weighted by Gasteiger charge is 2.27. The molecule has 1 aliphatic rings. The van der Waals surface area contributed by atoms with Crippen molar-refractivity contribution in [1.82, 2.24) is 15.1 Å². The van der Waals surface area contributed by atoms with Crippen LogP contribution >= 0.6 is 0 Å². The first-order valence-corrected chi connectivity index (χ1v) is 8.50. The molecule has 0 saturated carbocycles. The van der Waals surface area contributed by atoms with Gasteiger partial charge in [0.05, 0.1) is 0 Å². The first-order valence-electron chi connectivity index (χ1n) is 8.50. The van der Waals surface area contributed by atoms with Crippen molar-refractivity contribution >= 4 is 0 Å². The zero-order chi connectivity index (χ0) is 16.3. The number of likely N-dealkylation sites (N-methyl/N-ethyl adjacent to an activating group) is 1. The molecular formula is C19H33N3. The van der Waals surface area contributed by atoms with Crippen molar-refractivity contribution in [3.05, 3.63) is 35.4 Å². The van der Waals surface area contributed by atoms with Gasteiger partial charge in [0.25, 0.3) is 0 Å². The SMILES string of the molecule is CC1CNCCN1C(CN(C)C)c1ccc(C(C)(C)C)cc1. The Morgan fingerprint density at radius 1 is 1.23 bits per heavy atom. The summed E-state index contributed by atoms with van der Waals surface area (Å²) < 4.78 is 0. The van der Waals surface area contributed by atoms with Crippen LogP contribution in [0.5, 0.6) is 0 Å². The number of nitrogens with one attached hydrogen (secondary N) is 1.